The average Bonchev–Trinajstić information content (AvgIpc) is 2.23. The quantitative estimate of drug-likeness (QED) is 0.606. The van der Waals surface area contributed by atoms with E-state index in [1.54, 1.807) is 11.9 Å². The van der Waals surface area contributed by atoms with Gasteiger partial charge in [-0.25, -0.2) is 0 Å². The van der Waals surface area contributed by atoms with Gasteiger partial charge in [0, 0.05) is 12.6 Å². The molecule has 3 N–H and O–H groups in total. The van der Waals surface area contributed by atoms with Crippen LogP contribution in [0.25, 0.3) is 0 Å². The molecule has 1 aliphatic carbocycles. The van der Waals surface area contributed by atoms with Gasteiger partial charge >= 0.3 is 6.18 Å². The second kappa shape index (κ2) is 5.91. The summed E-state index contributed by atoms with van der Waals surface area (Å²) in [6, 6.07) is 0.179. The number of halogens is 3. The van der Waals surface area contributed by atoms with Crippen LogP contribution in [-0.2, 0) is 0 Å². The number of rotatable bonds is 4. The van der Waals surface area contributed by atoms with E-state index in [1.807, 2.05) is 0 Å². The van der Waals surface area contributed by atoms with Crippen molar-refractivity contribution in [2.45, 2.75) is 44.8 Å². The first-order valence-corrected chi connectivity index (χ1v) is 6.32. The Morgan fingerprint density at radius 1 is 1.44 bits per heavy atom. The Bertz CT molecular complexity index is 291. The molecule has 3 nitrogen and oxygen atoms in total. The number of hydrogen-bond acceptors (Lipinski definition) is 2. The lowest BCUT2D eigenvalue weighted by molar-refractivity contribution is -0.160. The van der Waals surface area contributed by atoms with Crippen LogP contribution in [0, 0.1) is 17.2 Å². The van der Waals surface area contributed by atoms with Crippen LogP contribution in [0.3, 0.4) is 0 Å². The van der Waals surface area contributed by atoms with Gasteiger partial charge in [0.25, 0.3) is 0 Å². The molecule has 0 aromatic heterocycles. The van der Waals surface area contributed by atoms with Crippen molar-refractivity contribution >= 4 is 5.84 Å². The van der Waals surface area contributed by atoms with E-state index in [1.165, 1.54) is 0 Å². The van der Waals surface area contributed by atoms with Crippen LogP contribution in [0.5, 0.6) is 0 Å². The maximum atomic E-state index is 12.7. The van der Waals surface area contributed by atoms with E-state index in [0.717, 1.165) is 25.7 Å². The van der Waals surface area contributed by atoms with Gasteiger partial charge in [0.05, 0.1) is 0 Å². The molecule has 0 spiro atoms. The highest BCUT2D eigenvalue weighted by molar-refractivity contribution is 5.80. The van der Waals surface area contributed by atoms with Gasteiger partial charge in [-0.2, -0.15) is 13.2 Å². The highest BCUT2D eigenvalue weighted by atomic mass is 19.4. The molecule has 3 unspecified atom stereocenters. The van der Waals surface area contributed by atoms with E-state index in [-0.39, 0.29) is 12.6 Å². The molecule has 0 aliphatic heterocycles. The molecule has 0 heterocycles. The van der Waals surface area contributed by atoms with Crippen LogP contribution in [0.4, 0.5) is 13.2 Å². The van der Waals surface area contributed by atoms with Crippen molar-refractivity contribution in [3.05, 3.63) is 0 Å². The zero-order valence-electron chi connectivity index (χ0n) is 10.9. The molecule has 6 heteroatoms. The Labute approximate surface area is 106 Å². The van der Waals surface area contributed by atoms with Gasteiger partial charge in [-0.1, -0.05) is 19.8 Å². The van der Waals surface area contributed by atoms with Crippen molar-refractivity contribution in [3.63, 3.8) is 0 Å². The standard InChI is InChI=1S/C12H22F3N3/c1-8-4-3-5-9(6-8)18(2)7-10(11(16)17)12(13,14)15/h8-10H,3-7H2,1-2H3,(H3,16,17). The Morgan fingerprint density at radius 2 is 2.06 bits per heavy atom. The second-order valence-corrected chi connectivity index (χ2v) is 5.41. The van der Waals surface area contributed by atoms with Gasteiger partial charge in [-0.3, -0.25) is 5.41 Å². The third kappa shape index (κ3) is 4.15. The lowest BCUT2D eigenvalue weighted by atomic mass is 9.86. The SMILES string of the molecule is CC1CCCC(N(C)CC(C(=N)N)C(F)(F)F)C1. The average molecular weight is 265 g/mol. The zero-order chi connectivity index (χ0) is 13.9. The molecule has 1 fully saturated rings. The van der Waals surface area contributed by atoms with Crippen molar-refractivity contribution in [2.24, 2.45) is 17.6 Å². The van der Waals surface area contributed by atoms with Gasteiger partial charge in [-0.05, 0) is 25.8 Å². The third-order valence-corrected chi connectivity index (χ3v) is 3.77. The molecule has 3 atom stereocenters. The summed E-state index contributed by atoms with van der Waals surface area (Å²) in [7, 11) is 1.70. The minimum atomic E-state index is -4.43. The highest BCUT2D eigenvalue weighted by Crippen LogP contribution is 2.30. The van der Waals surface area contributed by atoms with Crippen molar-refractivity contribution in [1.82, 2.24) is 4.90 Å². The Hall–Kier alpha value is -0.780. The van der Waals surface area contributed by atoms with Crippen LogP contribution in [0.2, 0.25) is 0 Å². The summed E-state index contributed by atoms with van der Waals surface area (Å²) < 4.78 is 38.2. The molecule has 18 heavy (non-hydrogen) atoms. The van der Waals surface area contributed by atoms with Crippen molar-refractivity contribution in [2.75, 3.05) is 13.6 Å². The van der Waals surface area contributed by atoms with E-state index in [2.05, 4.69) is 6.92 Å². The largest absolute Gasteiger partial charge is 0.399 e. The molecule has 0 saturated heterocycles. The fourth-order valence-electron chi connectivity index (χ4n) is 2.62. The molecule has 1 saturated carbocycles. The maximum Gasteiger partial charge on any atom is 0.399 e. The molecule has 0 amide bonds. The summed E-state index contributed by atoms with van der Waals surface area (Å²) in [6.07, 6.45) is -0.352. The lowest BCUT2D eigenvalue weighted by Gasteiger charge is -2.36. The maximum absolute atomic E-state index is 12.7. The van der Waals surface area contributed by atoms with E-state index >= 15 is 0 Å². The van der Waals surface area contributed by atoms with Crippen molar-refractivity contribution in [1.29, 1.82) is 5.41 Å². The van der Waals surface area contributed by atoms with Crippen LogP contribution in [-0.4, -0.2) is 36.5 Å². The Balaban J connectivity index is 2.61. The van der Waals surface area contributed by atoms with Gasteiger partial charge in [0.1, 0.15) is 11.8 Å². The monoisotopic (exact) mass is 265 g/mol. The number of nitrogens with one attached hydrogen (secondary N) is 1. The van der Waals surface area contributed by atoms with Crippen LogP contribution in [0.15, 0.2) is 0 Å². The van der Waals surface area contributed by atoms with E-state index < -0.39 is 17.9 Å². The van der Waals surface area contributed by atoms with Crippen LogP contribution < -0.4 is 5.73 Å². The molecule has 0 aromatic rings. The van der Waals surface area contributed by atoms with Gasteiger partial charge in [-0.15, -0.1) is 0 Å². The highest BCUT2D eigenvalue weighted by Gasteiger charge is 2.43. The molecular weight excluding hydrogens is 243 g/mol. The van der Waals surface area contributed by atoms with Gasteiger partial charge in [0.2, 0.25) is 0 Å². The number of amidine groups is 1. The summed E-state index contributed by atoms with van der Waals surface area (Å²) >= 11 is 0. The first kappa shape index (κ1) is 15.3. The molecule has 106 valence electrons. The van der Waals surface area contributed by atoms with Crippen LogP contribution in [0.1, 0.15) is 32.6 Å². The van der Waals surface area contributed by atoms with Gasteiger partial charge in [0.15, 0.2) is 0 Å². The van der Waals surface area contributed by atoms with E-state index in [0.29, 0.717) is 5.92 Å². The zero-order valence-corrected chi connectivity index (χ0v) is 10.9. The van der Waals surface area contributed by atoms with Gasteiger partial charge < -0.3 is 10.6 Å². The summed E-state index contributed by atoms with van der Waals surface area (Å²) in [6.45, 7) is 1.92. The first-order chi connectivity index (χ1) is 8.21. The summed E-state index contributed by atoms with van der Waals surface area (Å²) in [5.74, 6) is -2.08. The fraction of sp³-hybridized carbons (Fsp3) is 0.917. The lowest BCUT2D eigenvalue weighted by Crippen LogP contribution is -2.46. The molecule has 1 aliphatic rings. The van der Waals surface area contributed by atoms with Crippen LogP contribution >= 0.6 is 0 Å². The normalized spacial score (nSPS) is 27.2. The number of hydrogen-bond donors (Lipinski definition) is 2. The van der Waals surface area contributed by atoms with E-state index in [9.17, 15) is 13.2 Å². The summed E-state index contributed by atoms with van der Waals surface area (Å²) in [5.41, 5.74) is 5.06. The number of nitrogens with zero attached hydrogens (tertiary/aromatic N) is 1. The molecule has 0 aromatic carbocycles. The summed E-state index contributed by atoms with van der Waals surface area (Å²) in [5, 5.41) is 7.09. The van der Waals surface area contributed by atoms with Crippen molar-refractivity contribution in [3.8, 4) is 0 Å². The topological polar surface area (TPSA) is 53.1 Å². The third-order valence-electron chi connectivity index (χ3n) is 3.77. The molecule has 1 rings (SSSR count). The second-order valence-electron chi connectivity index (χ2n) is 5.41. The summed E-state index contributed by atoms with van der Waals surface area (Å²) in [4.78, 5) is 1.72. The molecule has 0 radical (unpaired) electrons. The number of alkyl halides is 3. The molecular formula is C12H22F3N3. The Morgan fingerprint density at radius 3 is 2.50 bits per heavy atom. The first-order valence-electron chi connectivity index (χ1n) is 6.32. The minimum Gasteiger partial charge on any atom is -0.387 e. The smallest absolute Gasteiger partial charge is 0.387 e. The predicted molar refractivity (Wildman–Crippen MR) is 65.5 cm³/mol. The Kier molecular flexibility index (Phi) is 5.01. The van der Waals surface area contributed by atoms with Crippen molar-refractivity contribution < 1.29 is 13.2 Å². The predicted octanol–water partition coefficient (Wildman–Crippen LogP) is 2.61. The molecule has 0 bridgehead atoms. The minimum absolute atomic E-state index is 0.179. The fourth-order valence-corrected chi connectivity index (χ4v) is 2.62. The van der Waals surface area contributed by atoms with E-state index in [4.69, 9.17) is 11.1 Å². The number of nitrogens with two attached hydrogens (primary N) is 1.